The first-order valence-electron chi connectivity index (χ1n) is 1.29. The second-order valence-corrected chi connectivity index (χ2v) is 8.07. The highest BCUT2D eigenvalue weighted by Gasteiger charge is 1.77. The van der Waals surface area contributed by atoms with Crippen LogP contribution in [0.1, 0.15) is 0 Å². The maximum Gasteiger partial charge on any atom is 0.0292 e. The highest BCUT2D eigenvalue weighted by molar-refractivity contribution is 14.3. The largest absolute Gasteiger partial charge is 0.173 e. The third kappa shape index (κ3) is 1.23. The van der Waals surface area contributed by atoms with Crippen molar-refractivity contribution in [2.24, 2.45) is 3.25 Å². The lowest BCUT2D eigenvalue weighted by Gasteiger charge is -1.66. The summed E-state index contributed by atoms with van der Waals surface area (Å²) in [7, 11) is 0. The second kappa shape index (κ2) is 2.31. The fourth-order valence-corrected chi connectivity index (χ4v) is 6.48. The van der Waals surface area contributed by atoms with E-state index in [9.17, 15) is 0 Å². The summed E-state index contributed by atoms with van der Waals surface area (Å²) in [6, 6.07) is 0. The first kappa shape index (κ1) is 5.10. The minimum absolute atomic E-state index is 0.167. The van der Waals surface area contributed by atoms with Gasteiger partial charge in [0.2, 0.25) is 0 Å². The zero-order valence-electron chi connectivity index (χ0n) is 2.99. The monoisotopic (exact) mass is 310 g/mol. The van der Waals surface area contributed by atoms with Crippen LogP contribution in [0.4, 0.5) is 0 Å². The van der Waals surface area contributed by atoms with Crippen molar-refractivity contribution in [1.82, 2.24) is 3.64 Å². The number of nitrogens with one attached hydrogen (secondary N) is 1. The van der Waals surface area contributed by atoms with Crippen LogP contribution >= 0.6 is 40.2 Å². The van der Waals surface area contributed by atoms with Gasteiger partial charge in [-0.3, -0.25) is 0 Å². The molecule has 0 radical (unpaired) electrons. The fraction of sp³-hybridized carbons (Fsp3) is 0. The summed E-state index contributed by atoms with van der Waals surface area (Å²) in [5, 5.41) is 0. The van der Waals surface area contributed by atoms with Crippen LogP contribution in [0.3, 0.4) is 0 Å². The van der Waals surface area contributed by atoms with E-state index in [1.165, 1.54) is 0 Å². The van der Waals surface area contributed by atoms with Crippen LogP contribution in [0.25, 0.3) is 0 Å². The van der Waals surface area contributed by atoms with Crippen LogP contribution in [0, 0.1) is 0 Å². The van der Waals surface area contributed by atoms with Crippen molar-refractivity contribution >= 4 is 46.7 Å². The molecule has 6 heavy (non-hydrogen) atoms. The summed E-state index contributed by atoms with van der Waals surface area (Å²) in [5.41, 5.74) is 0. The van der Waals surface area contributed by atoms with Gasteiger partial charge in [0.25, 0.3) is 0 Å². The van der Waals surface area contributed by atoms with Crippen molar-refractivity contribution in [1.29, 1.82) is 0 Å². The van der Waals surface area contributed by atoms with Gasteiger partial charge in [-0.15, -0.1) is 0 Å². The molecule has 0 aromatic carbocycles. The lowest BCUT2D eigenvalue weighted by atomic mass is 12.0. The predicted octanol–water partition coefficient (Wildman–Crippen LogP) is 1.27. The van der Waals surface area contributed by atoms with Gasteiger partial charge < -0.3 is 0 Å². The lowest BCUT2D eigenvalue weighted by Crippen LogP contribution is -1.70. The Morgan fingerprint density at radius 1 is 2.00 bits per heavy atom. The summed E-state index contributed by atoms with van der Waals surface area (Å²) >= 11 is -0.834. The van der Waals surface area contributed by atoms with E-state index in [2.05, 4.69) is 13.4 Å². The molecule has 1 N–H and O–H groups in total. The smallest absolute Gasteiger partial charge is 0.0292 e. The molecule has 0 aromatic rings. The molecule has 0 amide bonds. The van der Waals surface area contributed by atoms with E-state index in [1.54, 1.807) is 0 Å². The number of hydrogen-bond acceptors (Lipinski definition) is 2. The van der Waals surface area contributed by atoms with Crippen molar-refractivity contribution in [3.05, 3.63) is 0 Å². The van der Waals surface area contributed by atoms with Gasteiger partial charge in [-0.25, -0.2) is 0 Å². The van der Waals surface area contributed by atoms with Gasteiger partial charge in [0.1, 0.15) is 0 Å². The Morgan fingerprint density at radius 2 is 2.83 bits per heavy atom. The molecule has 4 heteroatoms. The molecule has 0 saturated heterocycles. The molecule has 1 aliphatic heterocycles. The number of hydrogen-bond donors (Lipinski definition) is 1. The number of halogens is 2. The maximum atomic E-state index is 4.03. The van der Waals surface area contributed by atoms with Gasteiger partial charge in [-0.2, -0.15) is 6.89 Å². The maximum absolute atomic E-state index is 4.03. The Kier molecular flexibility index (Phi) is 1.97. The highest BCUT2D eigenvalue weighted by Crippen LogP contribution is 2.14. The van der Waals surface area contributed by atoms with Crippen LogP contribution in [0.15, 0.2) is 3.25 Å². The normalized spacial score (nSPS) is 22.7. The molecule has 0 bridgehead atoms. The van der Waals surface area contributed by atoms with E-state index in [1.807, 2.05) is 0 Å². The van der Waals surface area contributed by atoms with E-state index in [0.717, 1.165) is 0 Å². The molecule has 0 aromatic heterocycles. The Labute approximate surface area is 53.2 Å². The Bertz CT molecular complexity index is 142. The van der Waals surface area contributed by atoms with Crippen molar-refractivity contribution in [3.8, 4) is 0 Å². The minimum Gasteiger partial charge on any atom is -0.173 e. The summed E-state index contributed by atoms with van der Waals surface area (Å²) in [5.74, 6) is 0. The quantitative estimate of drug-likeness (QED) is 0.529. The lowest BCUT2D eigenvalue weighted by molar-refractivity contribution is 1.23. The molecule has 1 aliphatic rings. The SMILES string of the molecule is C=I1=NNI=C1. The summed E-state index contributed by atoms with van der Waals surface area (Å²) in [6.07, 6.45) is 0. The highest BCUT2D eigenvalue weighted by atomic mass is 127. The molecule has 0 aliphatic carbocycles. The van der Waals surface area contributed by atoms with Crippen LogP contribution < -0.4 is 3.64 Å². The second-order valence-electron chi connectivity index (χ2n) is 0.732. The average Bonchev–Trinajstić information content (AvgIpc) is 1.86. The van der Waals surface area contributed by atoms with Crippen molar-refractivity contribution in [2.45, 2.75) is 0 Å². The zero-order chi connectivity index (χ0) is 4.41. The molecule has 0 fully saturated rings. The van der Waals surface area contributed by atoms with E-state index in [-0.39, 0.29) is 21.0 Å². The van der Waals surface area contributed by atoms with Gasteiger partial charge >= 0.3 is 0 Å². The molecule has 0 atom stereocenters. The first-order valence-corrected chi connectivity index (χ1v) is 7.35. The molecule has 0 saturated carbocycles. The Hall–Kier alpha value is 0.960. The molecular weight excluding hydrogens is 306 g/mol. The number of rotatable bonds is 0. The standard InChI is InChI=1S/C2H4I2N2/c1-4-2-3-5-6-4/h2,5H,1H2. The topological polar surface area (TPSA) is 24.4 Å². The Balaban J connectivity index is 2.96. The Morgan fingerprint density at radius 3 is 3.00 bits per heavy atom. The fourth-order valence-electron chi connectivity index (χ4n) is 0.144. The number of nitrogens with zero attached hydrogens (tertiary/aromatic N) is 1. The molecule has 1 heterocycles. The van der Waals surface area contributed by atoms with Crippen molar-refractivity contribution in [2.75, 3.05) is 0 Å². The molecular formula is C2H4I2N2. The van der Waals surface area contributed by atoms with Crippen LogP contribution in [-0.4, -0.2) is 6.53 Å². The summed E-state index contributed by atoms with van der Waals surface area (Å²) < 4.78 is 13.1. The van der Waals surface area contributed by atoms with Crippen LogP contribution in [-0.2, 0) is 0 Å². The molecule has 1 rings (SSSR count). The van der Waals surface area contributed by atoms with Crippen molar-refractivity contribution in [3.63, 3.8) is 0 Å². The van der Waals surface area contributed by atoms with E-state index < -0.39 is 19.2 Å². The third-order valence-electron chi connectivity index (χ3n) is 0.326. The van der Waals surface area contributed by atoms with E-state index in [0.29, 0.717) is 0 Å². The van der Waals surface area contributed by atoms with Crippen molar-refractivity contribution < 1.29 is 0 Å². The molecule has 0 spiro atoms. The zero-order valence-corrected chi connectivity index (χ0v) is 7.30. The molecule has 2 nitrogen and oxygen atoms in total. The molecule has 36 valence electrons. The van der Waals surface area contributed by atoms with Crippen LogP contribution in [0.5, 0.6) is 0 Å². The van der Waals surface area contributed by atoms with E-state index >= 15 is 0 Å². The van der Waals surface area contributed by atoms with Gasteiger partial charge in [0.05, 0.1) is 0 Å². The predicted molar refractivity (Wildman–Crippen MR) is 46.8 cm³/mol. The average molecular weight is 310 g/mol. The van der Waals surface area contributed by atoms with Gasteiger partial charge in [0, 0.05) is 2.02 Å². The molecule has 0 unspecified atom stereocenters. The van der Waals surface area contributed by atoms with Gasteiger partial charge in [0.15, 0.2) is 0 Å². The summed E-state index contributed by atoms with van der Waals surface area (Å²) in [4.78, 5) is 0. The van der Waals surface area contributed by atoms with Gasteiger partial charge in [-0.1, -0.05) is 4.51 Å². The summed E-state index contributed by atoms with van der Waals surface area (Å²) in [6.45, 7) is 0. The van der Waals surface area contributed by atoms with E-state index in [4.69, 9.17) is 0 Å². The third-order valence-corrected chi connectivity index (χ3v) is 8.63. The van der Waals surface area contributed by atoms with Crippen LogP contribution in [0.2, 0.25) is 0 Å². The first-order chi connectivity index (χ1) is 2.89. The van der Waals surface area contributed by atoms with Gasteiger partial charge in [-0.05, 0) is 40.2 Å². The minimum atomic E-state index is -1.00.